The molecule has 2 heterocycles. The lowest BCUT2D eigenvalue weighted by Crippen LogP contribution is -1.98. The molecule has 4 rings (SSSR count). The van der Waals surface area contributed by atoms with Crippen molar-refractivity contribution in [3.8, 4) is 0 Å². The Kier molecular flexibility index (Phi) is 3.69. The third kappa shape index (κ3) is 3.04. The monoisotopic (exact) mass is 341 g/mol. The Bertz CT molecular complexity index is 947. The van der Waals surface area contributed by atoms with Crippen LogP contribution in [0.5, 0.6) is 0 Å². The molecule has 23 heavy (non-hydrogen) atoms. The van der Waals surface area contributed by atoms with Gasteiger partial charge in [-0.2, -0.15) is 4.52 Å². The second kappa shape index (κ2) is 5.98. The fourth-order valence-corrected chi connectivity index (χ4v) is 3.26. The Morgan fingerprint density at radius 3 is 2.74 bits per heavy atom. The molecule has 5 nitrogen and oxygen atoms in total. The van der Waals surface area contributed by atoms with Gasteiger partial charge in [-0.05, 0) is 23.8 Å². The van der Waals surface area contributed by atoms with Crippen molar-refractivity contribution in [2.24, 2.45) is 0 Å². The summed E-state index contributed by atoms with van der Waals surface area (Å²) in [6.07, 6.45) is 0.697. The van der Waals surface area contributed by atoms with Crippen LogP contribution in [0.25, 0.3) is 4.96 Å². The summed E-state index contributed by atoms with van der Waals surface area (Å²) in [6, 6.07) is 17.7. The van der Waals surface area contributed by atoms with Gasteiger partial charge >= 0.3 is 0 Å². The molecule has 0 amide bonds. The molecule has 0 spiro atoms. The standard InChI is InChI=1S/C16H12ClN5S/c17-12-7-4-8-13(10-12)18-15-21-22-14(19-20-16(22)23-15)9-11-5-2-1-3-6-11/h1-8,10H,9H2,(H,18,21). The Labute approximate surface area is 141 Å². The average molecular weight is 342 g/mol. The first kappa shape index (κ1) is 14.2. The normalized spacial score (nSPS) is 11.0. The van der Waals surface area contributed by atoms with E-state index in [1.54, 1.807) is 4.52 Å². The molecule has 1 N–H and O–H groups in total. The summed E-state index contributed by atoms with van der Waals surface area (Å²) in [5, 5.41) is 17.7. The quantitative estimate of drug-likeness (QED) is 0.605. The third-order valence-electron chi connectivity index (χ3n) is 3.34. The molecule has 0 saturated carbocycles. The zero-order valence-electron chi connectivity index (χ0n) is 12.0. The lowest BCUT2D eigenvalue weighted by atomic mass is 10.1. The van der Waals surface area contributed by atoms with Gasteiger partial charge in [-0.25, -0.2) is 0 Å². The molecule has 2 aromatic carbocycles. The summed E-state index contributed by atoms with van der Waals surface area (Å²) in [6.45, 7) is 0. The van der Waals surface area contributed by atoms with Crippen LogP contribution in [0.3, 0.4) is 0 Å². The number of anilines is 2. The van der Waals surface area contributed by atoms with Crippen LogP contribution < -0.4 is 5.32 Å². The zero-order chi connectivity index (χ0) is 15.6. The molecule has 114 valence electrons. The molecular formula is C16H12ClN5S. The summed E-state index contributed by atoms with van der Waals surface area (Å²) in [5.41, 5.74) is 2.08. The maximum Gasteiger partial charge on any atom is 0.236 e. The highest BCUT2D eigenvalue weighted by molar-refractivity contribution is 7.20. The van der Waals surface area contributed by atoms with Gasteiger partial charge in [-0.15, -0.1) is 15.3 Å². The minimum Gasteiger partial charge on any atom is -0.330 e. The van der Waals surface area contributed by atoms with Gasteiger partial charge in [0.15, 0.2) is 5.82 Å². The first-order chi connectivity index (χ1) is 11.3. The Morgan fingerprint density at radius 1 is 1.04 bits per heavy atom. The molecule has 0 bridgehead atoms. The second-order valence-electron chi connectivity index (χ2n) is 5.02. The zero-order valence-corrected chi connectivity index (χ0v) is 13.6. The van der Waals surface area contributed by atoms with Gasteiger partial charge in [-0.3, -0.25) is 0 Å². The van der Waals surface area contributed by atoms with Crippen molar-refractivity contribution in [1.82, 2.24) is 19.8 Å². The minimum atomic E-state index is 0.683. The number of aromatic nitrogens is 4. The van der Waals surface area contributed by atoms with Crippen molar-refractivity contribution in [3.63, 3.8) is 0 Å². The fraction of sp³-hybridized carbons (Fsp3) is 0.0625. The molecule has 4 aromatic rings. The van der Waals surface area contributed by atoms with Gasteiger partial charge in [0.1, 0.15) is 0 Å². The van der Waals surface area contributed by atoms with E-state index in [4.69, 9.17) is 11.6 Å². The molecule has 0 aliphatic rings. The van der Waals surface area contributed by atoms with Gasteiger partial charge in [0, 0.05) is 17.1 Å². The van der Waals surface area contributed by atoms with Crippen LogP contribution in [-0.4, -0.2) is 19.8 Å². The highest BCUT2D eigenvalue weighted by Gasteiger charge is 2.12. The SMILES string of the molecule is Clc1cccc(Nc2nn3c(Cc4ccccc4)nnc3s2)c1. The topological polar surface area (TPSA) is 55.1 Å². The van der Waals surface area contributed by atoms with E-state index in [0.29, 0.717) is 11.4 Å². The van der Waals surface area contributed by atoms with Crippen LogP contribution in [0.15, 0.2) is 54.6 Å². The van der Waals surface area contributed by atoms with Crippen LogP contribution >= 0.6 is 22.9 Å². The van der Waals surface area contributed by atoms with E-state index in [1.807, 2.05) is 42.5 Å². The van der Waals surface area contributed by atoms with Crippen LogP contribution in [0.2, 0.25) is 5.02 Å². The highest BCUT2D eigenvalue weighted by Crippen LogP contribution is 2.25. The number of halogens is 1. The van der Waals surface area contributed by atoms with Crippen molar-refractivity contribution in [2.45, 2.75) is 6.42 Å². The Hall–Kier alpha value is -2.44. The maximum absolute atomic E-state index is 6.00. The maximum atomic E-state index is 6.00. The van der Waals surface area contributed by atoms with Gasteiger partial charge in [-0.1, -0.05) is 59.3 Å². The van der Waals surface area contributed by atoms with E-state index in [9.17, 15) is 0 Å². The van der Waals surface area contributed by atoms with E-state index in [-0.39, 0.29) is 0 Å². The predicted molar refractivity (Wildman–Crippen MR) is 92.6 cm³/mol. The summed E-state index contributed by atoms with van der Waals surface area (Å²) < 4.78 is 1.78. The summed E-state index contributed by atoms with van der Waals surface area (Å²) in [7, 11) is 0. The molecule has 0 fully saturated rings. The predicted octanol–water partition coefficient (Wildman–Crippen LogP) is 4.17. The molecule has 0 aliphatic heterocycles. The molecule has 0 radical (unpaired) electrons. The minimum absolute atomic E-state index is 0.683. The van der Waals surface area contributed by atoms with Gasteiger partial charge in [0.25, 0.3) is 0 Å². The summed E-state index contributed by atoms with van der Waals surface area (Å²) >= 11 is 7.45. The summed E-state index contributed by atoms with van der Waals surface area (Å²) in [4.78, 5) is 0.764. The highest BCUT2D eigenvalue weighted by atomic mass is 35.5. The molecule has 7 heteroatoms. The smallest absolute Gasteiger partial charge is 0.236 e. The van der Waals surface area contributed by atoms with Crippen molar-refractivity contribution in [1.29, 1.82) is 0 Å². The number of nitrogens with zero attached hydrogens (tertiary/aromatic N) is 4. The number of benzene rings is 2. The number of hydrogen-bond donors (Lipinski definition) is 1. The van der Waals surface area contributed by atoms with E-state index in [1.165, 1.54) is 16.9 Å². The van der Waals surface area contributed by atoms with Crippen molar-refractivity contribution in [3.05, 3.63) is 71.0 Å². The number of nitrogens with one attached hydrogen (secondary N) is 1. The van der Waals surface area contributed by atoms with Crippen molar-refractivity contribution in [2.75, 3.05) is 5.32 Å². The van der Waals surface area contributed by atoms with Crippen molar-refractivity contribution >= 4 is 38.7 Å². The van der Waals surface area contributed by atoms with E-state index < -0.39 is 0 Å². The summed E-state index contributed by atoms with van der Waals surface area (Å²) in [5.74, 6) is 0.821. The second-order valence-corrected chi connectivity index (χ2v) is 6.41. The number of hydrogen-bond acceptors (Lipinski definition) is 5. The third-order valence-corrected chi connectivity index (χ3v) is 4.39. The molecular weight excluding hydrogens is 330 g/mol. The van der Waals surface area contributed by atoms with Crippen LogP contribution in [0.4, 0.5) is 10.8 Å². The Balaban J connectivity index is 1.61. The van der Waals surface area contributed by atoms with E-state index in [0.717, 1.165) is 21.6 Å². The largest absolute Gasteiger partial charge is 0.330 e. The number of fused-ring (bicyclic) bond motifs is 1. The lowest BCUT2D eigenvalue weighted by molar-refractivity contribution is 0.854. The molecule has 0 aliphatic carbocycles. The van der Waals surface area contributed by atoms with Gasteiger partial charge < -0.3 is 5.32 Å². The van der Waals surface area contributed by atoms with E-state index >= 15 is 0 Å². The van der Waals surface area contributed by atoms with Crippen LogP contribution in [0.1, 0.15) is 11.4 Å². The van der Waals surface area contributed by atoms with Gasteiger partial charge in [0.05, 0.1) is 0 Å². The van der Waals surface area contributed by atoms with Crippen LogP contribution in [-0.2, 0) is 6.42 Å². The fourth-order valence-electron chi connectivity index (χ4n) is 2.29. The van der Waals surface area contributed by atoms with E-state index in [2.05, 4.69) is 32.7 Å². The molecule has 0 unspecified atom stereocenters. The van der Waals surface area contributed by atoms with Crippen LogP contribution in [0, 0.1) is 0 Å². The molecule has 0 saturated heterocycles. The van der Waals surface area contributed by atoms with Gasteiger partial charge in [0.2, 0.25) is 10.1 Å². The Morgan fingerprint density at radius 2 is 1.91 bits per heavy atom. The average Bonchev–Trinajstić information content (AvgIpc) is 3.10. The lowest BCUT2D eigenvalue weighted by Gasteiger charge is -2.01. The number of rotatable bonds is 4. The molecule has 2 aromatic heterocycles. The first-order valence-electron chi connectivity index (χ1n) is 7.05. The molecule has 0 atom stereocenters. The first-order valence-corrected chi connectivity index (χ1v) is 8.25. The van der Waals surface area contributed by atoms with Crippen molar-refractivity contribution < 1.29 is 0 Å².